The van der Waals surface area contributed by atoms with Crippen molar-refractivity contribution in [2.45, 2.75) is 20.0 Å². The first-order valence-electron chi connectivity index (χ1n) is 4.49. The Kier molecular flexibility index (Phi) is 6.26. The minimum absolute atomic E-state index is 0.289. The van der Waals surface area contributed by atoms with Crippen molar-refractivity contribution in [3.05, 3.63) is 0 Å². The molecule has 0 aromatic heterocycles. The molecule has 0 aromatic carbocycles. The fourth-order valence-corrected chi connectivity index (χ4v) is 0.630. The van der Waals surface area contributed by atoms with E-state index in [-0.39, 0.29) is 6.54 Å². The third-order valence-electron chi connectivity index (χ3n) is 1.28. The standard InChI is InChI=1S/C8H15F3N2O2/c1-6(2)3-12-7(14)4-13-15-5-8(9,10)11/h6,13H,3-5H2,1-2H3,(H,12,14). The number of carbonyl (C=O) groups excluding carboxylic acids is 1. The molecule has 0 atom stereocenters. The van der Waals surface area contributed by atoms with Crippen LogP contribution in [-0.4, -0.2) is 31.8 Å². The van der Waals surface area contributed by atoms with Gasteiger partial charge in [-0.1, -0.05) is 13.8 Å². The minimum Gasteiger partial charge on any atom is -0.355 e. The lowest BCUT2D eigenvalue weighted by molar-refractivity contribution is -0.189. The van der Waals surface area contributed by atoms with Gasteiger partial charge in [0.25, 0.3) is 0 Å². The van der Waals surface area contributed by atoms with E-state index in [0.29, 0.717) is 12.5 Å². The Hall–Kier alpha value is -0.820. The Morgan fingerprint density at radius 3 is 2.47 bits per heavy atom. The molecule has 1 amide bonds. The van der Waals surface area contributed by atoms with Gasteiger partial charge in [-0.25, -0.2) is 0 Å². The fourth-order valence-electron chi connectivity index (χ4n) is 0.630. The highest BCUT2D eigenvalue weighted by Gasteiger charge is 2.27. The number of hydrogen-bond donors (Lipinski definition) is 2. The molecule has 0 aliphatic rings. The van der Waals surface area contributed by atoms with E-state index < -0.39 is 18.7 Å². The van der Waals surface area contributed by atoms with Crippen LogP contribution in [0.5, 0.6) is 0 Å². The van der Waals surface area contributed by atoms with E-state index in [1.807, 2.05) is 19.3 Å². The smallest absolute Gasteiger partial charge is 0.355 e. The highest BCUT2D eigenvalue weighted by Crippen LogP contribution is 2.13. The molecule has 0 aromatic rings. The van der Waals surface area contributed by atoms with Crippen LogP contribution in [0, 0.1) is 5.92 Å². The van der Waals surface area contributed by atoms with Crippen LogP contribution >= 0.6 is 0 Å². The molecular formula is C8H15F3N2O2. The van der Waals surface area contributed by atoms with Gasteiger partial charge in [-0.2, -0.15) is 18.7 Å². The van der Waals surface area contributed by atoms with E-state index in [0.717, 1.165) is 0 Å². The lowest BCUT2D eigenvalue weighted by atomic mass is 10.2. The monoisotopic (exact) mass is 228 g/mol. The van der Waals surface area contributed by atoms with Crippen LogP contribution in [0.3, 0.4) is 0 Å². The van der Waals surface area contributed by atoms with Gasteiger partial charge in [0, 0.05) is 6.54 Å². The second-order valence-corrected chi connectivity index (χ2v) is 3.42. The van der Waals surface area contributed by atoms with Crippen LogP contribution in [-0.2, 0) is 9.63 Å². The quantitative estimate of drug-likeness (QED) is 0.523. The Morgan fingerprint density at radius 1 is 1.40 bits per heavy atom. The summed E-state index contributed by atoms with van der Waals surface area (Å²) in [6, 6.07) is 0. The normalized spacial score (nSPS) is 11.9. The van der Waals surface area contributed by atoms with E-state index in [1.54, 1.807) is 0 Å². The number of hydroxylamine groups is 1. The summed E-state index contributed by atoms with van der Waals surface area (Å²) in [5, 5.41) is 2.52. The molecule has 0 radical (unpaired) electrons. The van der Waals surface area contributed by atoms with Crippen LogP contribution in [0.1, 0.15) is 13.8 Å². The summed E-state index contributed by atoms with van der Waals surface area (Å²) in [5.41, 5.74) is 1.93. The van der Waals surface area contributed by atoms with Gasteiger partial charge in [0.15, 0.2) is 6.61 Å². The fraction of sp³-hybridized carbons (Fsp3) is 0.875. The second-order valence-electron chi connectivity index (χ2n) is 3.42. The number of carbonyl (C=O) groups is 1. The number of amides is 1. The molecule has 0 spiro atoms. The molecule has 2 N–H and O–H groups in total. The molecular weight excluding hydrogens is 213 g/mol. The van der Waals surface area contributed by atoms with Crippen molar-refractivity contribution in [3.8, 4) is 0 Å². The average Bonchev–Trinajstić information content (AvgIpc) is 2.07. The zero-order valence-corrected chi connectivity index (χ0v) is 8.65. The predicted octanol–water partition coefficient (Wildman–Crippen LogP) is 0.842. The van der Waals surface area contributed by atoms with E-state index >= 15 is 0 Å². The summed E-state index contributed by atoms with van der Waals surface area (Å²) in [5.74, 6) is -0.101. The van der Waals surface area contributed by atoms with Gasteiger partial charge in [0.1, 0.15) is 0 Å². The molecule has 0 saturated heterocycles. The summed E-state index contributed by atoms with van der Waals surface area (Å²) < 4.78 is 34.7. The Morgan fingerprint density at radius 2 is 2.00 bits per heavy atom. The minimum atomic E-state index is -4.39. The van der Waals surface area contributed by atoms with Crippen molar-refractivity contribution >= 4 is 5.91 Å². The molecule has 0 fully saturated rings. The van der Waals surface area contributed by atoms with E-state index in [2.05, 4.69) is 10.2 Å². The molecule has 90 valence electrons. The first kappa shape index (κ1) is 14.2. The molecule has 4 nitrogen and oxygen atoms in total. The average molecular weight is 228 g/mol. The number of alkyl halides is 3. The maximum atomic E-state index is 11.6. The van der Waals surface area contributed by atoms with Crippen LogP contribution in [0.15, 0.2) is 0 Å². The van der Waals surface area contributed by atoms with Gasteiger partial charge < -0.3 is 5.32 Å². The Balaban J connectivity index is 3.40. The molecule has 0 aliphatic heterocycles. The SMILES string of the molecule is CC(C)CNC(=O)CNOCC(F)(F)F. The first-order valence-corrected chi connectivity index (χ1v) is 4.49. The van der Waals surface area contributed by atoms with Crippen molar-refractivity contribution in [1.82, 2.24) is 10.8 Å². The molecule has 0 heterocycles. The first-order chi connectivity index (χ1) is 6.81. The summed E-state index contributed by atoms with van der Waals surface area (Å²) in [6.45, 7) is 2.61. The van der Waals surface area contributed by atoms with Crippen molar-refractivity contribution < 1.29 is 22.8 Å². The van der Waals surface area contributed by atoms with Crippen LogP contribution in [0.2, 0.25) is 0 Å². The van der Waals surface area contributed by atoms with Gasteiger partial charge in [-0.05, 0) is 5.92 Å². The molecule has 0 aliphatic carbocycles. The van der Waals surface area contributed by atoms with Gasteiger partial charge >= 0.3 is 6.18 Å². The van der Waals surface area contributed by atoms with Gasteiger partial charge in [0.2, 0.25) is 5.91 Å². The van der Waals surface area contributed by atoms with Crippen molar-refractivity contribution in [2.75, 3.05) is 19.7 Å². The molecule has 0 saturated carbocycles. The molecule has 0 unspecified atom stereocenters. The Bertz CT molecular complexity index is 195. The third-order valence-corrected chi connectivity index (χ3v) is 1.28. The van der Waals surface area contributed by atoms with Crippen LogP contribution in [0.25, 0.3) is 0 Å². The highest BCUT2D eigenvalue weighted by molar-refractivity contribution is 5.77. The van der Waals surface area contributed by atoms with Crippen molar-refractivity contribution in [2.24, 2.45) is 5.92 Å². The van der Waals surface area contributed by atoms with Gasteiger partial charge in [-0.15, -0.1) is 0 Å². The number of halogens is 3. The third kappa shape index (κ3) is 11.1. The van der Waals surface area contributed by atoms with Gasteiger partial charge in [-0.3, -0.25) is 9.63 Å². The van der Waals surface area contributed by atoms with Crippen LogP contribution in [0.4, 0.5) is 13.2 Å². The number of nitrogens with one attached hydrogen (secondary N) is 2. The van der Waals surface area contributed by atoms with E-state index in [1.165, 1.54) is 0 Å². The lowest BCUT2D eigenvalue weighted by Gasteiger charge is -2.09. The zero-order chi connectivity index (χ0) is 11.9. The zero-order valence-electron chi connectivity index (χ0n) is 8.65. The van der Waals surface area contributed by atoms with Gasteiger partial charge in [0.05, 0.1) is 6.54 Å². The molecule has 0 bridgehead atoms. The Labute approximate surface area is 86.1 Å². The molecule has 7 heteroatoms. The summed E-state index contributed by atoms with van der Waals surface area (Å²) >= 11 is 0. The second kappa shape index (κ2) is 6.62. The highest BCUT2D eigenvalue weighted by atomic mass is 19.4. The van der Waals surface area contributed by atoms with Crippen molar-refractivity contribution in [1.29, 1.82) is 0 Å². The topological polar surface area (TPSA) is 50.4 Å². The van der Waals surface area contributed by atoms with E-state index in [4.69, 9.17) is 0 Å². The summed E-state index contributed by atoms with van der Waals surface area (Å²) in [4.78, 5) is 15.0. The lowest BCUT2D eigenvalue weighted by Crippen LogP contribution is -2.37. The van der Waals surface area contributed by atoms with Crippen LogP contribution < -0.4 is 10.8 Å². The number of hydrogen-bond acceptors (Lipinski definition) is 3. The number of rotatable bonds is 6. The predicted molar refractivity (Wildman–Crippen MR) is 47.9 cm³/mol. The maximum absolute atomic E-state index is 11.6. The van der Waals surface area contributed by atoms with Crippen molar-refractivity contribution in [3.63, 3.8) is 0 Å². The summed E-state index contributed by atoms with van der Waals surface area (Å²) in [7, 11) is 0. The van der Waals surface area contributed by atoms with E-state index in [9.17, 15) is 18.0 Å². The largest absolute Gasteiger partial charge is 0.413 e. The maximum Gasteiger partial charge on any atom is 0.413 e. The molecule has 0 rings (SSSR count). The molecule has 15 heavy (non-hydrogen) atoms. The summed E-state index contributed by atoms with van der Waals surface area (Å²) in [6.07, 6.45) is -4.39.